The van der Waals surface area contributed by atoms with Gasteiger partial charge >= 0.3 is 0 Å². The Morgan fingerprint density at radius 1 is 0.688 bits per heavy atom. The summed E-state index contributed by atoms with van der Waals surface area (Å²) in [5.74, 6) is 0. The molecule has 3 nitrogen and oxygen atoms in total. The van der Waals surface area contributed by atoms with Gasteiger partial charge in [0, 0.05) is 22.6 Å². The number of rotatable bonds is 2. The molecule has 0 aliphatic heterocycles. The fourth-order valence-corrected chi connectivity index (χ4v) is 2.36. The Morgan fingerprint density at radius 2 is 1.00 bits per heavy atom. The first-order chi connectivity index (χ1) is 7.66. The SMILES string of the molecule is Nc1ccc([S+]([O-])c2ccc(N)cc2)cc1. The van der Waals surface area contributed by atoms with E-state index in [1.54, 1.807) is 48.5 Å². The highest BCUT2D eigenvalue weighted by atomic mass is 32.2. The number of benzene rings is 2. The van der Waals surface area contributed by atoms with Crippen LogP contribution in [0, 0.1) is 0 Å². The molecule has 0 saturated heterocycles. The van der Waals surface area contributed by atoms with E-state index in [-0.39, 0.29) is 0 Å². The molecular formula is C12H12N2OS. The van der Waals surface area contributed by atoms with Gasteiger partial charge in [-0.1, -0.05) is 0 Å². The van der Waals surface area contributed by atoms with Crippen molar-refractivity contribution in [2.24, 2.45) is 0 Å². The van der Waals surface area contributed by atoms with Crippen LogP contribution in [0.25, 0.3) is 0 Å². The van der Waals surface area contributed by atoms with E-state index in [1.165, 1.54) is 0 Å². The van der Waals surface area contributed by atoms with Crippen LogP contribution in [0.5, 0.6) is 0 Å². The molecule has 0 aromatic heterocycles. The molecule has 4 N–H and O–H groups in total. The predicted molar refractivity (Wildman–Crippen MR) is 66.4 cm³/mol. The van der Waals surface area contributed by atoms with Gasteiger partial charge in [-0.15, -0.1) is 0 Å². The molecule has 0 amide bonds. The standard InChI is InChI=1S/C12H12N2OS/c13-9-1-5-11(6-2-9)16(15)12-7-3-10(14)4-8-12/h1-8H,13-14H2. The zero-order valence-electron chi connectivity index (χ0n) is 8.59. The first-order valence-electron chi connectivity index (χ1n) is 4.79. The number of nitrogen functional groups attached to an aromatic ring is 2. The van der Waals surface area contributed by atoms with Crippen LogP contribution in [0.15, 0.2) is 58.3 Å². The van der Waals surface area contributed by atoms with Gasteiger partial charge in [0.1, 0.15) is 0 Å². The van der Waals surface area contributed by atoms with Gasteiger partial charge in [0.25, 0.3) is 0 Å². The molecule has 4 heteroatoms. The Morgan fingerprint density at radius 3 is 1.31 bits per heavy atom. The van der Waals surface area contributed by atoms with E-state index in [9.17, 15) is 4.55 Å². The smallest absolute Gasteiger partial charge is 0.158 e. The molecule has 0 fully saturated rings. The Hall–Kier alpha value is -1.65. The highest BCUT2D eigenvalue weighted by Crippen LogP contribution is 2.22. The maximum absolute atomic E-state index is 12.1. The van der Waals surface area contributed by atoms with E-state index in [0.717, 1.165) is 9.79 Å². The molecule has 0 bridgehead atoms. The van der Waals surface area contributed by atoms with Crippen molar-refractivity contribution in [3.8, 4) is 0 Å². The molecule has 2 aromatic carbocycles. The molecule has 16 heavy (non-hydrogen) atoms. The second kappa shape index (κ2) is 4.47. The maximum atomic E-state index is 12.1. The molecule has 0 radical (unpaired) electrons. The summed E-state index contributed by atoms with van der Waals surface area (Å²) < 4.78 is 12.1. The number of anilines is 2. The quantitative estimate of drug-likeness (QED) is 0.614. The van der Waals surface area contributed by atoms with E-state index in [4.69, 9.17) is 11.5 Å². The highest BCUT2D eigenvalue weighted by Gasteiger charge is 2.13. The lowest BCUT2D eigenvalue weighted by atomic mass is 10.3. The van der Waals surface area contributed by atoms with Crippen LogP contribution in [0.3, 0.4) is 0 Å². The zero-order chi connectivity index (χ0) is 11.5. The van der Waals surface area contributed by atoms with Crippen LogP contribution < -0.4 is 11.5 Å². The summed E-state index contributed by atoms with van der Waals surface area (Å²) in [6.07, 6.45) is 0. The zero-order valence-corrected chi connectivity index (χ0v) is 9.41. The van der Waals surface area contributed by atoms with E-state index in [1.807, 2.05) is 0 Å². The Labute approximate surface area is 97.3 Å². The summed E-state index contributed by atoms with van der Waals surface area (Å²) in [6, 6.07) is 14.0. The fraction of sp³-hybridized carbons (Fsp3) is 0. The van der Waals surface area contributed by atoms with Crippen LogP contribution in [-0.2, 0) is 11.2 Å². The second-order valence-electron chi connectivity index (χ2n) is 3.41. The van der Waals surface area contributed by atoms with E-state index in [0.29, 0.717) is 11.4 Å². The van der Waals surface area contributed by atoms with E-state index in [2.05, 4.69) is 0 Å². The van der Waals surface area contributed by atoms with Gasteiger partial charge in [0.15, 0.2) is 9.79 Å². The number of hydrogen-bond acceptors (Lipinski definition) is 3. The van der Waals surface area contributed by atoms with E-state index < -0.39 is 11.2 Å². The fourth-order valence-electron chi connectivity index (χ4n) is 1.32. The van der Waals surface area contributed by atoms with Crippen molar-refractivity contribution in [3.05, 3.63) is 48.5 Å². The van der Waals surface area contributed by atoms with Gasteiger partial charge in [0.05, 0.1) is 0 Å². The molecule has 0 aliphatic rings. The third-order valence-electron chi connectivity index (χ3n) is 2.19. The Kier molecular flexibility index (Phi) is 3.03. The van der Waals surface area contributed by atoms with Gasteiger partial charge in [-0.25, -0.2) is 0 Å². The second-order valence-corrected chi connectivity index (χ2v) is 4.89. The third-order valence-corrected chi connectivity index (χ3v) is 3.59. The highest BCUT2D eigenvalue weighted by molar-refractivity contribution is 7.91. The van der Waals surface area contributed by atoms with Crippen molar-refractivity contribution >= 4 is 22.6 Å². The average molecular weight is 232 g/mol. The molecule has 0 atom stereocenters. The van der Waals surface area contributed by atoms with Gasteiger partial charge in [-0.3, -0.25) is 0 Å². The average Bonchev–Trinajstić information content (AvgIpc) is 2.30. The van der Waals surface area contributed by atoms with Crippen molar-refractivity contribution in [2.75, 3.05) is 11.5 Å². The lowest BCUT2D eigenvalue weighted by molar-refractivity contribution is 0.595. The van der Waals surface area contributed by atoms with Crippen molar-refractivity contribution in [1.82, 2.24) is 0 Å². The molecule has 2 aromatic rings. The molecule has 0 aliphatic carbocycles. The monoisotopic (exact) mass is 232 g/mol. The predicted octanol–water partition coefficient (Wildman–Crippen LogP) is 2.02. The summed E-state index contributed by atoms with van der Waals surface area (Å²) in [7, 11) is 0. The first-order valence-corrected chi connectivity index (χ1v) is 5.94. The lowest BCUT2D eigenvalue weighted by Crippen LogP contribution is -2.02. The summed E-state index contributed by atoms with van der Waals surface area (Å²) >= 11 is -1.17. The maximum Gasteiger partial charge on any atom is 0.158 e. The van der Waals surface area contributed by atoms with Crippen molar-refractivity contribution in [3.63, 3.8) is 0 Å². The normalized spacial score (nSPS) is 10.6. The number of nitrogens with two attached hydrogens (primary N) is 2. The lowest BCUT2D eigenvalue weighted by Gasteiger charge is -2.09. The summed E-state index contributed by atoms with van der Waals surface area (Å²) in [6.45, 7) is 0. The van der Waals surface area contributed by atoms with Crippen LogP contribution in [0.4, 0.5) is 11.4 Å². The first kappa shape index (κ1) is 10.9. The van der Waals surface area contributed by atoms with Crippen LogP contribution in [0.2, 0.25) is 0 Å². The summed E-state index contributed by atoms with van der Waals surface area (Å²) in [5.41, 5.74) is 12.5. The molecule has 2 rings (SSSR count). The third kappa shape index (κ3) is 2.29. The minimum atomic E-state index is -1.17. The van der Waals surface area contributed by atoms with Gasteiger partial charge in [-0.05, 0) is 48.5 Å². The van der Waals surface area contributed by atoms with Gasteiger partial charge < -0.3 is 16.0 Å². The minimum Gasteiger partial charge on any atom is -0.606 e. The number of hydrogen-bond donors (Lipinski definition) is 2. The minimum absolute atomic E-state index is 0.665. The molecule has 0 spiro atoms. The molecule has 82 valence electrons. The van der Waals surface area contributed by atoms with Crippen molar-refractivity contribution in [2.45, 2.75) is 9.79 Å². The summed E-state index contributed by atoms with van der Waals surface area (Å²) in [4.78, 5) is 1.47. The van der Waals surface area contributed by atoms with Gasteiger partial charge in [-0.2, -0.15) is 0 Å². The molecular weight excluding hydrogens is 220 g/mol. The van der Waals surface area contributed by atoms with E-state index >= 15 is 0 Å². The largest absolute Gasteiger partial charge is 0.606 e. The van der Waals surface area contributed by atoms with Crippen molar-refractivity contribution in [1.29, 1.82) is 0 Å². The van der Waals surface area contributed by atoms with Crippen molar-refractivity contribution < 1.29 is 4.55 Å². The van der Waals surface area contributed by atoms with Gasteiger partial charge in [0.2, 0.25) is 0 Å². The van der Waals surface area contributed by atoms with Crippen LogP contribution in [-0.4, -0.2) is 4.55 Å². The topological polar surface area (TPSA) is 75.1 Å². The Bertz CT molecular complexity index is 422. The molecule has 0 unspecified atom stereocenters. The molecule has 0 heterocycles. The summed E-state index contributed by atoms with van der Waals surface area (Å²) in [5, 5.41) is 0. The Balaban J connectivity index is 2.28. The van der Waals surface area contributed by atoms with Crippen LogP contribution >= 0.6 is 0 Å². The molecule has 0 saturated carbocycles. The van der Waals surface area contributed by atoms with Crippen LogP contribution in [0.1, 0.15) is 0 Å².